The van der Waals surface area contributed by atoms with Crippen molar-refractivity contribution in [3.8, 4) is 0 Å². The van der Waals surface area contributed by atoms with Crippen LogP contribution in [0.15, 0.2) is 48.0 Å². The zero-order chi connectivity index (χ0) is 30.7. The SMILES string of the molecule is C=C(CCC(C)N=CC(C)CC)C(C)Nc1ncnc2c(C(F)(F)F)cc(Cl)cc12.COC(=P)c1cc(C)ncn1. The van der Waals surface area contributed by atoms with Gasteiger partial charge in [-0.1, -0.05) is 46.5 Å². The highest BCUT2D eigenvalue weighted by Crippen LogP contribution is 2.37. The zero-order valence-electron chi connectivity index (χ0n) is 24.2. The molecule has 3 unspecified atom stereocenters. The van der Waals surface area contributed by atoms with E-state index >= 15 is 0 Å². The van der Waals surface area contributed by atoms with Gasteiger partial charge in [-0.2, -0.15) is 13.2 Å². The minimum absolute atomic E-state index is 0.0212. The quantitative estimate of drug-likeness (QED) is 0.135. The summed E-state index contributed by atoms with van der Waals surface area (Å²) in [7, 11) is 4.86. The molecule has 0 fully saturated rings. The molecule has 0 saturated carbocycles. The summed E-state index contributed by atoms with van der Waals surface area (Å²) in [4.78, 5) is 20.5. The summed E-state index contributed by atoms with van der Waals surface area (Å²) in [6, 6.07) is 4.14. The largest absolute Gasteiger partial charge is 0.418 e. The van der Waals surface area contributed by atoms with Crippen molar-refractivity contribution in [3.05, 3.63) is 65.0 Å². The summed E-state index contributed by atoms with van der Waals surface area (Å²) < 4.78 is 45.0. The fourth-order valence-electron chi connectivity index (χ4n) is 3.54. The Morgan fingerprint density at radius 1 is 1.15 bits per heavy atom. The average molecular weight is 609 g/mol. The fourth-order valence-corrected chi connectivity index (χ4v) is 3.89. The Hall–Kier alpha value is -2.94. The third-order valence-corrected chi connectivity index (χ3v) is 7.02. The lowest BCUT2D eigenvalue weighted by molar-refractivity contribution is -0.136. The molecular weight excluding hydrogens is 572 g/mol. The van der Waals surface area contributed by atoms with Crippen molar-refractivity contribution in [3.63, 3.8) is 0 Å². The highest BCUT2D eigenvalue weighted by Gasteiger charge is 2.34. The van der Waals surface area contributed by atoms with Crippen LogP contribution < -0.4 is 5.32 Å². The molecule has 0 bridgehead atoms. The number of benzene rings is 1. The topological polar surface area (TPSA) is 85.2 Å². The number of anilines is 1. The van der Waals surface area contributed by atoms with Crippen LogP contribution in [0.25, 0.3) is 10.9 Å². The first-order valence-corrected chi connectivity index (χ1v) is 14.0. The maximum atomic E-state index is 13.4. The van der Waals surface area contributed by atoms with Crippen molar-refractivity contribution in [1.29, 1.82) is 0 Å². The van der Waals surface area contributed by atoms with Crippen LogP contribution in [-0.2, 0) is 10.9 Å². The minimum Gasteiger partial charge on any atom is -0.363 e. The monoisotopic (exact) mass is 608 g/mol. The molecule has 222 valence electrons. The molecule has 0 aliphatic carbocycles. The van der Waals surface area contributed by atoms with Gasteiger partial charge in [0.2, 0.25) is 0 Å². The molecule has 2 heterocycles. The Bertz CT molecular complexity index is 1370. The molecule has 0 aliphatic heterocycles. The van der Waals surface area contributed by atoms with Gasteiger partial charge in [-0.3, -0.25) is 4.99 Å². The first-order chi connectivity index (χ1) is 19.3. The van der Waals surface area contributed by atoms with E-state index in [-0.39, 0.29) is 28.0 Å². The fraction of sp³-hybridized carbons (Fsp3) is 0.448. The van der Waals surface area contributed by atoms with Crippen LogP contribution in [0.4, 0.5) is 19.0 Å². The smallest absolute Gasteiger partial charge is 0.363 e. The Balaban J connectivity index is 0.000000446. The Kier molecular flexibility index (Phi) is 13.3. The molecule has 1 aromatic carbocycles. The number of aliphatic imine (C=N–C) groups is 1. The predicted molar refractivity (Wildman–Crippen MR) is 165 cm³/mol. The van der Waals surface area contributed by atoms with Gasteiger partial charge < -0.3 is 10.1 Å². The van der Waals surface area contributed by atoms with E-state index in [1.807, 2.05) is 26.1 Å². The number of alkyl halides is 3. The molecule has 0 radical (unpaired) electrons. The third kappa shape index (κ3) is 10.8. The summed E-state index contributed by atoms with van der Waals surface area (Å²) in [5.41, 5.74) is 2.16. The van der Waals surface area contributed by atoms with E-state index in [2.05, 4.69) is 66.5 Å². The first kappa shape index (κ1) is 34.3. The molecule has 2 aromatic heterocycles. The average Bonchev–Trinajstić information content (AvgIpc) is 2.93. The van der Waals surface area contributed by atoms with E-state index < -0.39 is 11.7 Å². The molecule has 7 nitrogen and oxygen atoms in total. The van der Waals surface area contributed by atoms with Gasteiger partial charge in [-0.05, 0) is 64.2 Å². The van der Waals surface area contributed by atoms with E-state index in [1.54, 1.807) is 7.11 Å². The van der Waals surface area contributed by atoms with Crippen LogP contribution in [0.2, 0.25) is 5.02 Å². The number of nitrogens with one attached hydrogen (secondary N) is 1. The second kappa shape index (κ2) is 15.9. The summed E-state index contributed by atoms with van der Waals surface area (Å²) in [6.07, 6.45) is 2.69. The summed E-state index contributed by atoms with van der Waals surface area (Å²) in [5, 5.41) is 3.36. The Morgan fingerprint density at radius 3 is 2.44 bits per heavy atom. The maximum Gasteiger partial charge on any atom is 0.418 e. The lowest BCUT2D eigenvalue weighted by Crippen LogP contribution is -2.19. The van der Waals surface area contributed by atoms with Crippen LogP contribution in [0.5, 0.6) is 0 Å². The standard InChI is InChI=1S/C22H28ClF3N4.C7H9N2OP/c1-6-13(2)11-27-15(4)8-7-14(3)16(5)30-21-18-9-17(23)10-19(22(24,25)26)20(18)28-12-29-21;1-5-3-6(7(11)10-2)9-4-8-5/h9-13,15-16H,3,6-8H2,1-2,4-5H3,(H,28,29,30);3-4,11H,1-2H3. The minimum atomic E-state index is -4.56. The van der Waals surface area contributed by atoms with Gasteiger partial charge >= 0.3 is 6.18 Å². The molecule has 0 spiro atoms. The van der Waals surface area contributed by atoms with Gasteiger partial charge in [0.15, 0.2) is 0 Å². The molecular formula is C29H37ClF3N6OP. The van der Waals surface area contributed by atoms with Crippen molar-refractivity contribution in [2.24, 2.45) is 10.9 Å². The van der Waals surface area contributed by atoms with Gasteiger partial charge in [0, 0.05) is 41.5 Å². The van der Waals surface area contributed by atoms with Gasteiger partial charge in [0.05, 0.1) is 11.1 Å². The molecule has 3 rings (SSSR count). The summed E-state index contributed by atoms with van der Waals surface area (Å²) in [6.45, 7) is 14.2. The van der Waals surface area contributed by atoms with Gasteiger partial charge in [0.1, 0.15) is 29.6 Å². The van der Waals surface area contributed by atoms with Crippen molar-refractivity contribution >= 4 is 48.9 Å². The number of rotatable bonds is 11. The van der Waals surface area contributed by atoms with Crippen molar-refractivity contribution in [2.45, 2.75) is 72.1 Å². The second-order valence-electron chi connectivity index (χ2n) is 9.74. The lowest BCUT2D eigenvalue weighted by atomic mass is 10.0. The third-order valence-electron chi connectivity index (χ3n) is 6.34. The van der Waals surface area contributed by atoms with Crippen LogP contribution in [0, 0.1) is 12.8 Å². The molecule has 1 N–H and O–H groups in total. The summed E-state index contributed by atoms with van der Waals surface area (Å²) in [5.74, 6) is 0.750. The number of aromatic nitrogens is 4. The molecule has 0 saturated heterocycles. The van der Waals surface area contributed by atoms with E-state index in [9.17, 15) is 13.2 Å². The van der Waals surface area contributed by atoms with Crippen LogP contribution in [0.3, 0.4) is 0 Å². The van der Waals surface area contributed by atoms with Crippen molar-refractivity contribution in [2.75, 3.05) is 12.4 Å². The Morgan fingerprint density at radius 2 is 1.83 bits per heavy atom. The number of methoxy groups -OCH3 is 1. The highest BCUT2D eigenvalue weighted by molar-refractivity contribution is 7.21. The van der Waals surface area contributed by atoms with Crippen LogP contribution in [0.1, 0.15) is 63.9 Å². The number of halogens is 4. The first-order valence-electron chi connectivity index (χ1n) is 13.2. The number of fused-ring (bicyclic) bond motifs is 1. The lowest BCUT2D eigenvalue weighted by Gasteiger charge is -2.20. The number of nitrogens with zero attached hydrogens (tertiary/aromatic N) is 5. The maximum absolute atomic E-state index is 13.4. The molecule has 12 heteroatoms. The van der Waals surface area contributed by atoms with Crippen molar-refractivity contribution in [1.82, 2.24) is 19.9 Å². The Labute approximate surface area is 247 Å². The van der Waals surface area contributed by atoms with Gasteiger partial charge in [-0.15, -0.1) is 0 Å². The van der Waals surface area contributed by atoms with E-state index in [0.29, 0.717) is 17.2 Å². The summed E-state index contributed by atoms with van der Waals surface area (Å²) >= 11 is 5.93. The van der Waals surface area contributed by atoms with E-state index in [1.165, 1.54) is 12.4 Å². The number of hydrogen-bond acceptors (Lipinski definition) is 7. The number of hydrogen-bond donors (Lipinski definition) is 1. The highest BCUT2D eigenvalue weighted by atomic mass is 35.5. The predicted octanol–water partition coefficient (Wildman–Crippen LogP) is 8.00. The number of ether oxygens (including phenoxy) is 1. The molecule has 0 aliphatic rings. The van der Waals surface area contributed by atoms with Gasteiger partial charge in [-0.25, -0.2) is 19.9 Å². The van der Waals surface area contributed by atoms with Crippen LogP contribution in [-0.4, -0.2) is 50.8 Å². The second-order valence-corrected chi connectivity index (χ2v) is 10.6. The van der Waals surface area contributed by atoms with E-state index in [4.69, 9.17) is 16.3 Å². The molecule has 3 aromatic rings. The van der Waals surface area contributed by atoms with Gasteiger partial charge in [0.25, 0.3) is 0 Å². The normalized spacial score (nSPS) is 13.8. The zero-order valence-corrected chi connectivity index (χ0v) is 25.9. The molecule has 41 heavy (non-hydrogen) atoms. The number of aryl methyl sites for hydroxylation is 1. The van der Waals surface area contributed by atoms with E-state index in [0.717, 1.165) is 48.6 Å². The van der Waals surface area contributed by atoms with Crippen LogP contribution >= 0.6 is 20.5 Å². The van der Waals surface area contributed by atoms with Crippen molar-refractivity contribution < 1.29 is 17.9 Å². The molecule has 3 atom stereocenters. The molecule has 0 amide bonds.